The lowest BCUT2D eigenvalue weighted by Gasteiger charge is -2.20. The molecule has 1 aliphatic carbocycles. The molecule has 2 rings (SSSR count). The summed E-state index contributed by atoms with van der Waals surface area (Å²) >= 11 is 0. The van der Waals surface area contributed by atoms with Crippen LogP contribution in [0.3, 0.4) is 0 Å². The van der Waals surface area contributed by atoms with Gasteiger partial charge in [0.2, 0.25) is 5.91 Å². The molecule has 19 heavy (non-hydrogen) atoms. The molecule has 4 nitrogen and oxygen atoms in total. The van der Waals surface area contributed by atoms with E-state index in [1.54, 1.807) is 4.68 Å². The van der Waals surface area contributed by atoms with Gasteiger partial charge in [-0.05, 0) is 52.0 Å². The van der Waals surface area contributed by atoms with Crippen LogP contribution < -0.4 is 5.32 Å². The Balaban J connectivity index is 2.01. The summed E-state index contributed by atoms with van der Waals surface area (Å²) in [5, 5.41) is 7.55. The topological polar surface area (TPSA) is 46.9 Å². The molecule has 0 spiro atoms. The van der Waals surface area contributed by atoms with Crippen LogP contribution in [0.4, 0.5) is 0 Å². The minimum atomic E-state index is -0.182. The molecule has 1 amide bonds. The maximum absolute atomic E-state index is 11.9. The van der Waals surface area contributed by atoms with Gasteiger partial charge in [-0.2, -0.15) is 5.10 Å². The van der Waals surface area contributed by atoms with Crippen molar-refractivity contribution in [3.8, 4) is 0 Å². The highest BCUT2D eigenvalue weighted by molar-refractivity contribution is 5.76. The Morgan fingerprint density at radius 2 is 1.95 bits per heavy atom. The summed E-state index contributed by atoms with van der Waals surface area (Å²) < 4.78 is 1.80. The number of aromatic nitrogens is 2. The van der Waals surface area contributed by atoms with Crippen molar-refractivity contribution in [2.24, 2.45) is 0 Å². The zero-order chi connectivity index (χ0) is 13.9. The van der Waals surface area contributed by atoms with E-state index in [2.05, 4.69) is 16.6 Å². The van der Waals surface area contributed by atoms with Gasteiger partial charge in [0.15, 0.2) is 0 Å². The van der Waals surface area contributed by atoms with Gasteiger partial charge in [-0.15, -0.1) is 0 Å². The van der Waals surface area contributed by atoms with Crippen molar-refractivity contribution in [2.45, 2.75) is 71.4 Å². The highest BCUT2D eigenvalue weighted by Gasteiger charge is 2.16. The third-order valence-corrected chi connectivity index (χ3v) is 3.35. The minimum Gasteiger partial charge on any atom is -0.350 e. The lowest BCUT2D eigenvalue weighted by atomic mass is 9.99. The van der Waals surface area contributed by atoms with Crippen molar-refractivity contribution in [2.75, 3.05) is 0 Å². The van der Waals surface area contributed by atoms with Gasteiger partial charge in [0.25, 0.3) is 0 Å². The van der Waals surface area contributed by atoms with E-state index in [-0.39, 0.29) is 11.4 Å². The van der Waals surface area contributed by atoms with Crippen LogP contribution in [-0.4, -0.2) is 21.2 Å². The smallest absolute Gasteiger partial charge is 0.242 e. The first-order valence-electron chi connectivity index (χ1n) is 7.30. The number of carbonyl (C=O) groups excluding carboxylic acids is 1. The van der Waals surface area contributed by atoms with E-state index in [1.165, 1.54) is 36.9 Å². The summed E-state index contributed by atoms with van der Waals surface area (Å²) in [5.41, 5.74) is 2.35. The molecular weight excluding hydrogens is 238 g/mol. The van der Waals surface area contributed by atoms with Crippen LogP contribution in [0.2, 0.25) is 0 Å². The summed E-state index contributed by atoms with van der Waals surface area (Å²) in [7, 11) is 0. The second-order valence-electron chi connectivity index (χ2n) is 6.51. The van der Waals surface area contributed by atoms with Gasteiger partial charge in [-0.3, -0.25) is 9.48 Å². The zero-order valence-electron chi connectivity index (χ0n) is 12.3. The number of nitrogens with one attached hydrogen (secondary N) is 1. The van der Waals surface area contributed by atoms with Gasteiger partial charge in [0, 0.05) is 11.7 Å². The quantitative estimate of drug-likeness (QED) is 0.891. The first-order valence-corrected chi connectivity index (χ1v) is 7.30. The van der Waals surface area contributed by atoms with Crippen molar-refractivity contribution in [3.05, 3.63) is 17.5 Å². The summed E-state index contributed by atoms with van der Waals surface area (Å²) in [6, 6.07) is 0. The second-order valence-corrected chi connectivity index (χ2v) is 6.51. The average molecular weight is 263 g/mol. The highest BCUT2D eigenvalue weighted by atomic mass is 16.2. The fraction of sp³-hybridized carbons (Fsp3) is 0.733. The van der Waals surface area contributed by atoms with Crippen LogP contribution in [0.15, 0.2) is 6.20 Å². The predicted octanol–water partition coefficient (Wildman–Crippen LogP) is 2.46. The van der Waals surface area contributed by atoms with E-state index in [1.807, 2.05) is 20.8 Å². The van der Waals surface area contributed by atoms with Crippen LogP contribution >= 0.6 is 0 Å². The third kappa shape index (κ3) is 4.37. The number of rotatable bonds is 2. The van der Waals surface area contributed by atoms with Gasteiger partial charge in [0.1, 0.15) is 6.54 Å². The van der Waals surface area contributed by atoms with Crippen molar-refractivity contribution < 1.29 is 4.79 Å². The molecule has 1 N–H and O–H groups in total. The summed E-state index contributed by atoms with van der Waals surface area (Å²) in [5.74, 6) is 0.0305. The largest absolute Gasteiger partial charge is 0.350 e. The normalized spacial score (nSPS) is 16.4. The fourth-order valence-electron chi connectivity index (χ4n) is 2.57. The van der Waals surface area contributed by atoms with Gasteiger partial charge >= 0.3 is 0 Å². The fourth-order valence-corrected chi connectivity index (χ4v) is 2.57. The number of amides is 1. The van der Waals surface area contributed by atoms with E-state index in [0.29, 0.717) is 6.54 Å². The molecule has 0 fully saturated rings. The number of aryl methyl sites for hydroxylation is 2. The Kier molecular flexibility index (Phi) is 4.27. The van der Waals surface area contributed by atoms with Crippen LogP contribution in [0.25, 0.3) is 0 Å². The number of hydrogen-bond donors (Lipinski definition) is 1. The molecule has 0 saturated carbocycles. The minimum absolute atomic E-state index is 0.0305. The van der Waals surface area contributed by atoms with Gasteiger partial charge in [-0.1, -0.05) is 12.8 Å². The molecule has 1 aromatic rings. The number of hydrogen-bond acceptors (Lipinski definition) is 2. The molecule has 1 aromatic heterocycles. The predicted molar refractivity (Wildman–Crippen MR) is 76.0 cm³/mol. The zero-order valence-corrected chi connectivity index (χ0v) is 12.3. The van der Waals surface area contributed by atoms with E-state index >= 15 is 0 Å². The van der Waals surface area contributed by atoms with E-state index in [4.69, 9.17) is 0 Å². The number of fused-ring (bicyclic) bond motifs is 1. The Hall–Kier alpha value is -1.32. The van der Waals surface area contributed by atoms with Gasteiger partial charge in [-0.25, -0.2) is 0 Å². The molecule has 0 saturated heterocycles. The lowest BCUT2D eigenvalue weighted by Crippen LogP contribution is -2.42. The van der Waals surface area contributed by atoms with E-state index < -0.39 is 0 Å². The maximum atomic E-state index is 11.9. The van der Waals surface area contributed by atoms with Crippen molar-refractivity contribution >= 4 is 5.91 Å². The second kappa shape index (κ2) is 5.76. The first kappa shape index (κ1) is 14.1. The maximum Gasteiger partial charge on any atom is 0.242 e. The van der Waals surface area contributed by atoms with Crippen LogP contribution in [0.1, 0.15) is 57.7 Å². The third-order valence-electron chi connectivity index (χ3n) is 3.35. The standard InChI is InChI=1S/C15H25N3O/c1-15(2,3)16-14(19)11-18-10-12-8-6-4-5-7-9-13(12)17-18/h10H,4-9,11H2,1-3H3,(H,16,19). The van der Waals surface area contributed by atoms with Gasteiger partial charge in [0.05, 0.1) is 5.69 Å². The molecule has 1 heterocycles. The summed E-state index contributed by atoms with van der Waals surface area (Å²) in [4.78, 5) is 11.9. The van der Waals surface area contributed by atoms with E-state index in [0.717, 1.165) is 12.8 Å². The van der Waals surface area contributed by atoms with Gasteiger partial charge < -0.3 is 5.32 Å². The van der Waals surface area contributed by atoms with Crippen molar-refractivity contribution in [3.63, 3.8) is 0 Å². The lowest BCUT2D eigenvalue weighted by molar-refractivity contribution is -0.123. The first-order chi connectivity index (χ1) is 8.94. The molecule has 0 radical (unpaired) electrons. The Morgan fingerprint density at radius 1 is 1.26 bits per heavy atom. The molecular formula is C15H25N3O. The molecule has 106 valence electrons. The van der Waals surface area contributed by atoms with E-state index in [9.17, 15) is 4.79 Å². The Morgan fingerprint density at radius 3 is 2.63 bits per heavy atom. The average Bonchev–Trinajstić information content (AvgIpc) is 2.57. The highest BCUT2D eigenvalue weighted by Crippen LogP contribution is 2.18. The molecule has 0 aliphatic heterocycles. The van der Waals surface area contributed by atoms with Crippen molar-refractivity contribution in [1.82, 2.24) is 15.1 Å². The van der Waals surface area contributed by atoms with Crippen LogP contribution in [0.5, 0.6) is 0 Å². The van der Waals surface area contributed by atoms with Crippen LogP contribution in [0, 0.1) is 0 Å². The molecule has 0 bridgehead atoms. The monoisotopic (exact) mass is 263 g/mol. The number of nitrogens with zero attached hydrogens (tertiary/aromatic N) is 2. The molecule has 0 unspecified atom stereocenters. The molecule has 4 heteroatoms. The Bertz CT molecular complexity index is 417. The van der Waals surface area contributed by atoms with Crippen LogP contribution in [-0.2, 0) is 24.2 Å². The van der Waals surface area contributed by atoms with Crippen molar-refractivity contribution in [1.29, 1.82) is 0 Å². The molecule has 0 atom stereocenters. The summed E-state index contributed by atoms with van der Waals surface area (Å²) in [6.07, 6.45) is 9.30. The number of carbonyl (C=O) groups is 1. The summed E-state index contributed by atoms with van der Waals surface area (Å²) in [6.45, 7) is 6.30. The SMILES string of the molecule is CC(C)(C)NC(=O)Cn1cc2c(n1)CCCCCC2. The Labute approximate surface area is 115 Å². The molecule has 0 aromatic carbocycles. The molecule has 1 aliphatic rings.